The Bertz CT molecular complexity index is 511. The van der Waals surface area contributed by atoms with Crippen LogP contribution < -0.4 is 5.32 Å². The van der Waals surface area contributed by atoms with Crippen LogP contribution in [-0.4, -0.2) is 27.1 Å². The zero-order chi connectivity index (χ0) is 14.2. The number of carbonyl (C=O) groups is 1. The zero-order valence-electron chi connectivity index (χ0n) is 11.3. The predicted molar refractivity (Wildman–Crippen MR) is 75.9 cm³/mol. The second-order valence-corrected chi connectivity index (χ2v) is 4.63. The molecule has 1 unspecified atom stereocenters. The maximum absolute atomic E-state index is 11.7. The number of benzene rings is 1. The van der Waals surface area contributed by atoms with Crippen LogP contribution >= 0.6 is 0 Å². The van der Waals surface area contributed by atoms with E-state index in [1.54, 1.807) is 12.5 Å². The van der Waals surface area contributed by atoms with Crippen molar-refractivity contribution >= 4 is 5.91 Å². The molecule has 20 heavy (non-hydrogen) atoms. The number of hydrogen-bond acceptors (Lipinski definition) is 3. The first-order chi connectivity index (χ1) is 9.75. The third-order valence-corrected chi connectivity index (χ3v) is 3.04. The molecule has 0 fully saturated rings. The van der Waals surface area contributed by atoms with Crippen molar-refractivity contribution in [2.24, 2.45) is 0 Å². The van der Waals surface area contributed by atoms with Gasteiger partial charge in [-0.3, -0.25) is 4.79 Å². The molecule has 0 spiro atoms. The SMILES string of the molecule is O=C(CC(O)c1ccccc1)NCCCn1ccnc1. The first-order valence-electron chi connectivity index (χ1n) is 6.71. The Kier molecular flexibility index (Phi) is 5.32. The average molecular weight is 273 g/mol. The molecule has 2 aromatic rings. The molecule has 0 saturated heterocycles. The Morgan fingerprint density at radius 1 is 1.35 bits per heavy atom. The van der Waals surface area contributed by atoms with Crippen molar-refractivity contribution in [3.05, 3.63) is 54.6 Å². The fourth-order valence-corrected chi connectivity index (χ4v) is 1.95. The third-order valence-electron chi connectivity index (χ3n) is 3.04. The van der Waals surface area contributed by atoms with Gasteiger partial charge in [-0.15, -0.1) is 0 Å². The lowest BCUT2D eigenvalue weighted by Crippen LogP contribution is -2.26. The Morgan fingerprint density at radius 3 is 2.85 bits per heavy atom. The first kappa shape index (κ1) is 14.3. The van der Waals surface area contributed by atoms with Gasteiger partial charge < -0.3 is 15.0 Å². The second-order valence-electron chi connectivity index (χ2n) is 4.63. The Hall–Kier alpha value is -2.14. The van der Waals surface area contributed by atoms with Crippen LogP contribution in [-0.2, 0) is 11.3 Å². The molecule has 1 heterocycles. The van der Waals surface area contributed by atoms with Crippen molar-refractivity contribution in [2.75, 3.05) is 6.54 Å². The predicted octanol–water partition coefficient (Wildman–Crippen LogP) is 1.51. The van der Waals surface area contributed by atoms with Crippen LogP contribution in [0.3, 0.4) is 0 Å². The molecule has 0 aliphatic carbocycles. The van der Waals surface area contributed by atoms with Crippen LogP contribution in [0.1, 0.15) is 24.5 Å². The maximum atomic E-state index is 11.7. The standard InChI is InChI=1S/C15H19N3O2/c19-14(13-5-2-1-3-6-13)11-15(20)17-7-4-9-18-10-8-16-12-18/h1-3,5-6,8,10,12,14,19H,4,7,9,11H2,(H,17,20). The van der Waals surface area contributed by atoms with Gasteiger partial charge in [0.15, 0.2) is 0 Å². The quantitative estimate of drug-likeness (QED) is 0.751. The monoisotopic (exact) mass is 273 g/mol. The zero-order valence-corrected chi connectivity index (χ0v) is 11.3. The number of amides is 1. The molecule has 0 saturated carbocycles. The fraction of sp³-hybridized carbons (Fsp3) is 0.333. The smallest absolute Gasteiger partial charge is 0.222 e. The summed E-state index contributed by atoms with van der Waals surface area (Å²) < 4.78 is 1.96. The lowest BCUT2D eigenvalue weighted by Gasteiger charge is -2.11. The fourth-order valence-electron chi connectivity index (χ4n) is 1.95. The molecule has 5 nitrogen and oxygen atoms in total. The highest BCUT2D eigenvalue weighted by Crippen LogP contribution is 2.15. The number of rotatable bonds is 7. The van der Waals surface area contributed by atoms with E-state index in [1.165, 1.54) is 0 Å². The summed E-state index contributed by atoms with van der Waals surface area (Å²) in [7, 11) is 0. The summed E-state index contributed by atoms with van der Waals surface area (Å²) in [6.07, 6.45) is 5.56. The molecule has 1 aromatic heterocycles. The van der Waals surface area contributed by atoms with Gasteiger partial charge >= 0.3 is 0 Å². The van der Waals surface area contributed by atoms with Gasteiger partial charge in [-0.25, -0.2) is 4.98 Å². The third kappa shape index (κ3) is 4.51. The Balaban J connectivity index is 1.65. The van der Waals surface area contributed by atoms with Gasteiger partial charge in [0.2, 0.25) is 5.91 Å². The number of hydrogen-bond donors (Lipinski definition) is 2. The van der Waals surface area contributed by atoms with Gasteiger partial charge in [-0.05, 0) is 12.0 Å². The minimum atomic E-state index is -0.746. The Morgan fingerprint density at radius 2 is 2.15 bits per heavy atom. The van der Waals surface area contributed by atoms with Gasteiger partial charge in [-0.1, -0.05) is 30.3 Å². The summed E-state index contributed by atoms with van der Waals surface area (Å²) in [6.45, 7) is 1.42. The van der Waals surface area contributed by atoms with E-state index in [1.807, 2.05) is 41.1 Å². The molecule has 0 bridgehead atoms. The molecule has 1 aromatic carbocycles. The van der Waals surface area contributed by atoms with Gasteiger partial charge in [0, 0.05) is 25.5 Å². The molecule has 0 aliphatic heterocycles. The van der Waals surface area contributed by atoms with E-state index in [-0.39, 0.29) is 12.3 Å². The van der Waals surface area contributed by atoms with Crippen molar-refractivity contribution in [3.8, 4) is 0 Å². The van der Waals surface area contributed by atoms with Crippen LogP contribution in [0.25, 0.3) is 0 Å². The van der Waals surface area contributed by atoms with Crippen LogP contribution in [0.5, 0.6) is 0 Å². The number of aromatic nitrogens is 2. The molecule has 5 heteroatoms. The van der Waals surface area contributed by atoms with Crippen molar-refractivity contribution < 1.29 is 9.90 Å². The van der Waals surface area contributed by atoms with Gasteiger partial charge in [0.25, 0.3) is 0 Å². The molecular formula is C15H19N3O2. The van der Waals surface area contributed by atoms with E-state index in [2.05, 4.69) is 10.3 Å². The highest BCUT2D eigenvalue weighted by Gasteiger charge is 2.11. The number of aliphatic hydroxyl groups excluding tert-OH is 1. The normalized spacial score (nSPS) is 12.1. The number of imidazole rings is 1. The number of carbonyl (C=O) groups excluding carboxylic acids is 1. The van der Waals surface area contributed by atoms with Crippen molar-refractivity contribution in [1.82, 2.24) is 14.9 Å². The summed E-state index contributed by atoms with van der Waals surface area (Å²) in [5.41, 5.74) is 0.765. The van der Waals surface area contributed by atoms with Gasteiger partial charge in [0.05, 0.1) is 18.9 Å². The van der Waals surface area contributed by atoms with Gasteiger partial charge in [0.1, 0.15) is 0 Å². The van der Waals surface area contributed by atoms with E-state index in [0.717, 1.165) is 18.5 Å². The van der Waals surface area contributed by atoms with Crippen molar-refractivity contribution in [3.63, 3.8) is 0 Å². The van der Waals surface area contributed by atoms with E-state index in [9.17, 15) is 9.90 Å². The molecule has 1 amide bonds. The molecular weight excluding hydrogens is 254 g/mol. The van der Waals surface area contributed by atoms with E-state index < -0.39 is 6.10 Å². The average Bonchev–Trinajstić information content (AvgIpc) is 2.98. The van der Waals surface area contributed by atoms with Crippen LogP contribution in [0.15, 0.2) is 49.1 Å². The number of nitrogens with one attached hydrogen (secondary N) is 1. The van der Waals surface area contributed by atoms with Crippen molar-refractivity contribution in [2.45, 2.75) is 25.5 Å². The molecule has 2 rings (SSSR count). The molecule has 1 atom stereocenters. The summed E-state index contributed by atoms with van der Waals surface area (Å²) in [5, 5.41) is 12.7. The van der Waals surface area contributed by atoms with Crippen LogP contribution in [0.4, 0.5) is 0 Å². The number of aryl methyl sites for hydroxylation is 1. The van der Waals surface area contributed by atoms with Crippen molar-refractivity contribution in [1.29, 1.82) is 0 Å². The lowest BCUT2D eigenvalue weighted by molar-refractivity contribution is -0.123. The molecule has 2 N–H and O–H groups in total. The summed E-state index contributed by atoms with van der Waals surface area (Å²) in [5.74, 6) is -0.132. The van der Waals surface area contributed by atoms with Gasteiger partial charge in [-0.2, -0.15) is 0 Å². The Labute approximate surface area is 118 Å². The van der Waals surface area contributed by atoms with E-state index in [0.29, 0.717) is 6.54 Å². The summed E-state index contributed by atoms with van der Waals surface area (Å²) >= 11 is 0. The molecule has 0 aliphatic rings. The van der Waals surface area contributed by atoms with Crippen LogP contribution in [0, 0.1) is 0 Å². The lowest BCUT2D eigenvalue weighted by atomic mass is 10.1. The van der Waals surface area contributed by atoms with E-state index in [4.69, 9.17) is 0 Å². The van der Waals surface area contributed by atoms with Crippen LogP contribution in [0.2, 0.25) is 0 Å². The highest BCUT2D eigenvalue weighted by atomic mass is 16.3. The van der Waals surface area contributed by atoms with E-state index >= 15 is 0 Å². The summed E-state index contributed by atoms with van der Waals surface area (Å²) in [6, 6.07) is 9.21. The highest BCUT2D eigenvalue weighted by molar-refractivity contribution is 5.76. The number of aliphatic hydroxyl groups is 1. The number of nitrogens with zero attached hydrogens (tertiary/aromatic N) is 2. The second kappa shape index (κ2) is 7.45. The summed E-state index contributed by atoms with van der Waals surface area (Å²) in [4.78, 5) is 15.6. The minimum absolute atomic E-state index is 0.0923. The maximum Gasteiger partial charge on any atom is 0.222 e. The minimum Gasteiger partial charge on any atom is -0.388 e. The topological polar surface area (TPSA) is 67.2 Å². The molecule has 106 valence electrons. The largest absolute Gasteiger partial charge is 0.388 e. The first-order valence-corrected chi connectivity index (χ1v) is 6.71. The molecule has 0 radical (unpaired) electrons.